The minimum Gasteiger partial charge on any atom is -0.493 e. The molecule has 0 saturated carbocycles. The van der Waals surface area contributed by atoms with E-state index in [1.165, 1.54) is 0 Å². The van der Waals surface area contributed by atoms with Crippen molar-refractivity contribution in [3.8, 4) is 23.0 Å². The highest BCUT2D eigenvalue weighted by Crippen LogP contribution is 2.38. The van der Waals surface area contributed by atoms with E-state index >= 15 is 0 Å². The molecule has 0 spiro atoms. The summed E-state index contributed by atoms with van der Waals surface area (Å²) in [6, 6.07) is 11.7. The van der Waals surface area contributed by atoms with Gasteiger partial charge in [-0.2, -0.15) is 0 Å². The quantitative estimate of drug-likeness (QED) is 0.634. The van der Waals surface area contributed by atoms with Crippen molar-refractivity contribution in [2.45, 2.75) is 38.8 Å². The van der Waals surface area contributed by atoms with Crippen molar-refractivity contribution >= 4 is 12.0 Å². The average Bonchev–Trinajstić information content (AvgIpc) is 3.27. The van der Waals surface area contributed by atoms with E-state index < -0.39 is 0 Å². The van der Waals surface area contributed by atoms with E-state index in [2.05, 4.69) is 0 Å². The molecule has 2 heterocycles. The van der Waals surface area contributed by atoms with E-state index in [-0.39, 0.29) is 18.1 Å². The van der Waals surface area contributed by atoms with Gasteiger partial charge in [-0.3, -0.25) is 4.79 Å². The maximum absolute atomic E-state index is 13.0. The zero-order valence-corrected chi connectivity index (χ0v) is 18.3. The number of rotatable bonds is 6. The van der Waals surface area contributed by atoms with Gasteiger partial charge in [0.25, 0.3) is 0 Å². The Bertz CT molecular complexity index is 968. The van der Waals surface area contributed by atoms with Gasteiger partial charge in [-0.1, -0.05) is 12.1 Å². The monoisotopic (exact) mass is 423 g/mol. The van der Waals surface area contributed by atoms with Crippen LogP contribution in [0.4, 0.5) is 0 Å². The van der Waals surface area contributed by atoms with Crippen molar-refractivity contribution in [1.29, 1.82) is 0 Å². The molecule has 1 unspecified atom stereocenters. The third kappa shape index (κ3) is 4.79. The van der Waals surface area contributed by atoms with Crippen LogP contribution in [0.2, 0.25) is 0 Å². The second-order valence-corrected chi connectivity index (χ2v) is 8.00. The molecule has 4 rings (SSSR count). The fourth-order valence-corrected chi connectivity index (χ4v) is 4.05. The highest BCUT2D eigenvalue weighted by Gasteiger charge is 2.29. The lowest BCUT2D eigenvalue weighted by Crippen LogP contribution is -2.29. The van der Waals surface area contributed by atoms with Crippen LogP contribution in [0.5, 0.6) is 23.0 Å². The molecular weight excluding hydrogens is 394 g/mol. The molecule has 1 amide bonds. The third-order valence-corrected chi connectivity index (χ3v) is 5.46. The van der Waals surface area contributed by atoms with Gasteiger partial charge in [-0.15, -0.1) is 0 Å². The van der Waals surface area contributed by atoms with E-state index in [0.717, 1.165) is 42.0 Å². The number of amides is 1. The number of hydrogen-bond acceptors (Lipinski definition) is 5. The summed E-state index contributed by atoms with van der Waals surface area (Å²) in [6.07, 6.45) is 5.43. The number of ether oxygens (including phenoxy) is 4. The second kappa shape index (κ2) is 9.33. The number of nitrogens with zero attached hydrogens (tertiary/aromatic N) is 1. The van der Waals surface area contributed by atoms with Crippen LogP contribution in [0.15, 0.2) is 42.5 Å². The zero-order chi connectivity index (χ0) is 21.8. The van der Waals surface area contributed by atoms with Crippen LogP contribution in [0.1, 0.15) is 43.9 Å². The first-order valence-electron chi connectivity index (χ1n) is 10.8. The zero-order valence-electron chi connectivity index (χ0n) is 18.3. The number of carbonyl (C=O) groups excluding carboxylic acids is 1. The Morgan fingerprint density at radius 3 is 2.68 bits per heavy atom. The van der Waals surface area contributed by atoms with Crippen LogP contribution in [-0.2, 0) is 4.79 Å². The summed E-state index contributed by atoms with van der Waals surface area (Å²) in [5, 5.41) is 0. The summed E-state index contributed by atoms with van der Waals surface area (Å²) < 4.78 is 22.5. The second-order valence-electron chi connectivity index (χ2n) is 8.00. The Morgan fingerprint density at radius 2 is 1.90 bits per heavy atom. The van der Waals surface area contributed by atoms with Crippen LogP contribution >= 0.6 is 0 Å². The molecule has 0 aliphatic carbocycles. The summed E-state index contributed by atoms with van der Waals surface area (Å²) in [5.74, 6) is 2.87. The molecule has 2 aromatic carbocycles. The fourth-order valence-electron chi connectivity index (χ4n) is 4.05. The summed E-state index contributed by atoms with van der Waals surface area (Å²) in [6.45, 7) is 5.81. The van der Waals surface area contributed by atoms with Crippen molar-refractivity contribution in [2.24, 2.45) is 0 Å². The first-order chi connectivity index (χ1) is 15.0. The van der Waals surface area contributed by atoms with Gasteiger partial charge in [-0.25, -0.2) is 0 Å². The number of methoxy groups -OCH3 is 1. The lowest BCUT2D eigenvalue weighted by atomic mass is 10.0. The van der Waals surface area contributed by atoms with Gasteiger partial charge in [-0.05, 0) is 68.2 Å². The van der Waals surface area contributed by atoms with Crippen LogP contribution in [0.25, 0.3) is 6.08 Å². The molecule has 164 valence electrons. The molecule has 6 nitrogen and oxygen atoms in total. The van der Waals surface area contributed by atoms with E-state index in [0.29, 0.717) is 24.7 Å². The van der Waals surface area contributed by atoms with Crippen LogP contribution in [0.3, 0.4) is 0 Å². The highest BCUT2D eigenvalue weighted by atomic mass is 16.6. The number of carbonyl (C=O) groups is 1. The summed E-state index contributed by atoms with van der Waals surface area (Å²) >= 11 is 0. The maximum atomic E-state index is 13.0. The average molecular weight is 424 g/mol. The van der Waals surface area contributed by atoms with Gasteiger partial charge in [0.2, 0.25) is 5.91 Å². The predicted octanol–water partition coefficient (Wildman–Crippen LogP) is 4.63. The topological polar surface area (TPSA) is 57.2 Å². The van der Waals surface area contributed by atoms with Crippen molar-refractivity contribution in [3.05, 3.63) is 53.6 Å². The van der Waals surface area contributed by atoms with E-state index in [1.807, 2.05) is 61.2 Å². The third-order valence-electron chi connectivity index (χ3n) is 5.46. The molecule has 0 radical (unpaired) electrons. The normalized spacial score (nSPS) is 17.9. The van der Waals surface area contributed by atoms with Crippen molar-refractivity contribution in [2.75, 3.05) is 26.9 Å². The van der Waals surface area contributed by atoms with Gasteiger partial charge >= 0.3 is 0 Å². The molecule has 2 aromatic rings. The Morgan fingerprint density at radius 1 is 1.10 bits per heavy atom. The summed E-state index contributed by atoms with van der Waals surface area (Å²) in [7, 11) is 1.61. The molecular formula is C25H29NO5. The number of benzene rings is 2. The van der Waals surface area contributed by atoms with Crippen LogP contribution in [-0.4, -0.2) is 43.8 Å². The van der Waals surface area contributed by atoms with E-state index in [1.54, 1.807) is 13.2 Å². The van der Waals surface area contributed by atoms with Crippen LogP contribution in [0, 0.1) is 0 Å². The molecule has 0 aromatic heterocycles. The Balaban J connectivity index is 1.48. The van der Waals surface area contributed by atoms with Crippen LogP contribution < -0.4 is 18.9 Å². The number of hydrogen-bond donors (Lipinski definition) is 0. The lowest BCUT2D eigenvalue weighted by Gasteiger charge is -2.26. The van der Waals surface area contributed by atoms with Crippen molar-refractivity contribution in [1.82, 2.24) is 4.90 Å². The number of fused-ring (bicyclic) bond motifs is 1. The SMILES string of the molecule is COc1cc(C=CC(=O)N2CCCC2c2ccc3c(c2)OCCO3)ccc1OC(C)C. The molecule has 6 heteroatoms. The first-order valence-corrected chi connectivity index (χ1v) is 10.8. The molecule has 31 heavy (non-hydrogen) atoms. The Labute approximate surface area is 183 Å². The summed E-state index contributed by atoms with van der Waals surface area (Å²) in [5.41, 5.74) is 1.97. The molecule has 2 aliphatic heterocycles. The molecule has 1 fully saturated rings. The van der Waals surface area contributed by atoms with Gasteiger partial charge < -0.3 is 23.8 Å². The number of likely N-dealkylation sites (tertiary alicyclic amines) is 1. The summed E-state index contributed by atoms with van der Waals surface area (Å²) in [4.78, 5) is 14.9. The molecule has 1 saturated heterocycles. The maximum Gasteiger partial charge on any atom is 0.247 e. The Hall–Kier alpha value is -3.15. The van der Waals surface area contributed by atoms with Crippen molar-refractivity contribution < 1.29 is 23.7 Å². The smallest absolute Gasteiger partial charge is 0.247 e. The van der Waals surface area contributed by atoms with Crippen molar-refractivity contribution in [3.63, 3.8) is 0 Å². The van der Waals surface area contributed by atoms with E-state index in [9.17, 15) is 4.79 Å². The Kier molecular flexibility index (Phi) is 6.35. The fraction of sp³-hybridized carbons (Fsp3) is 0.400. The van der Waals surface area contributed by atoms with E-state index in [4.69, 9.17) is 18.9 Å². The first kappa shape index (κ1) is 21.1. The van der Waals surface area contributed by atoms with Gasteiger partial charge in [0.15, 0.2) is 23.0 Å². The lowest BCUT2D eigenvalue weighted by molar-refractivity contribution is -0.126. The van der Waals surface area contributed by atoms with Gasteiger partial charge in [0, 0.05) is 12.6 Å². The molecule has 0 N–H and O–H groups in total. The molecule has 2 aliphatic rings. The van der Waals surface area contributed by atoms with Gasteiger partial charge in [0.1, 0.15) is 13.2 Å². The molecule has 0 bridgehead atoms. The highest BCUT2D eigenvalue weighted by molar-refractivity contribution is 5.92. The predicted molar refractivity (Wildman–Crippen MR) is 119 cm³/mol. The van der Waals surface area contributed by atoms with Gasteiger partial charge in [0.05, 0.1) is 19.3 Å². The molecule has 1 atom stereocenters. The minimum atomic E-state index is -0.00105. The standard InChI is InChI=1S/C25H29NO5/c1-17(2)31-22-9-6-18(15-23(22)28-3)7-11-25(27)26-12-4-5-20(26)19-8-10-21-24(16-19)30-14-13-29-21/h6-11,15-17,20H,4-5,12-14H2,1-3H3. The minimum absolute atomic E-state index is 0.00105. The largest absolute Gasteiger partial charge is 0.493 e.